The molecule has 2 heterocycles. The van der Waals surface area contributed by atoms with Crippen molar-refractivity contribution in [3.63, 3.8) is 0 Å². The molecule has 2 atom stereocenters. The van der Waals surface area contributed by atoms with Crippen molar-refractivity contribution in [1.29, 1.82) is 0 Å². The smallest absolute Gasteiger partial charge is 0.253 e. The number of nitrogens with one attached hydrogen (secondary N) is 2. The Labute approximate surface area is 124 Å². The molecule has 5 nitrogen and oxygen atoms in total. The Morgan fingerprint density at radius 2 is 2.29 bits per heavy atom. The van der Waals surface area contributed by atoms with Gasteiger partial charge >= 0.3 is 0 Å². The number of rotatable bonds is 2. The van der Waals surface area contributed by atoms with E-state index in [1.54, 1.807) is 6.20 Å². The van der Waals surface area contributed by atoms with Gasteiger partial charge in [0.15, 0.2) is 0 Å². The number of carbonyl (C=O) groups is 1. The number of fused-ring (bicyclic) bond motifs is 1. The lowest BCUT2D eigenvalue weighted by molar-refractivity contribution is 0.0885. The number of aromatic nitrogens is 1. The predicted octanol–water partition coefficient (Wildman–Crippen LogP) is 1.82. The van der Waals surface area contributed by atoms with Gasteiger partial charge in [-0.25, -0.2) is 0 Å². The Kier molecular flexibility index (Phi) is 3.59. The van der Waals surface area contributed by atoms with Crippen molar-refractivity contribution in [1.82, 2.24) is 15.2 Å². The van der Waals surface area contributed by atoms with Crippen molar-refractivity contribution in [2.45, 2.75) is 19.4 Å². The molecule has 0 spiro atoms. The van der Waals surface area contributed by atoms with E-state index in [2.05, 4.69) is 29.2 Å². The van der Waals surface area contributed by atoms with E-state index < -0.39 is 0 Å². The van der Waals surface area contributed by atoms with E-state index in [1.807, 2.05) is 18.2 Å². The number of hydrogen-bond donors (Lipinski definition) is 3. The molecule has 1 aliphatic heterocycles. The fourth-order valence-corrected chi connectivity index (χ4v) is 3.15. The van der Waals surface area contributed by atoms with Gasteiger partial charge in [-0.2, -0.15) is 0 Å². The highest BCUT2D eigenvalue weighted by Crippen LogP contribution is 2.22. The molecule has 5 heteroatoms. The summed E-state index contributed by atoms with van der Waals surface area (Å²) in [6.45, 7) is 4.24. The van der Waals surface area contributed by atoms with Crippen LogP contribution >= 0.6 is 0 Å². The molecule has 0 saturated carbocycles. The molecule has 0 bridgehead atoms. The molecule has 112 valence electrons. The number of amides is 1. The minimum absolute atomic E-state index is 0.00701. The van der Waals surface area contributed by atoms with Crippen LogP contribution in [0.3, 0.4) is 0 Å². The first-order chi connectivity index (χ1) is 10.0. The summed E-state index contributed by atoms with van der Waals surface area (Å²) in [5.41, 5.74) is 8.05. The summed E-state index contributed by atoms with van der Waals surface area (Å²) < 4.78 is 0. The summed E-state index contributed by atoms with van der Waals surface area (Å²) in [4.78, 5) is 17.9. The van der Waals surface area contributed by atoms with E-state index in [1.165, 1.54) is 0 Å². The molecule has 4 N–H and O–H groups in total. The molecule has 1 aliphatic rings. The summed E-state index contributed by atoms with van der Waals surface area (Å²) in [6, 6.07) is 5.82. The van der Waals surface area contributed by atoms with Crippen LogP contribution in [0.5, 0.6) is 0 Å². The number of nitrogens with two attached hydrogens (primary N) is 1. The third-order valence-electron chi connectivity index (χ3n) is 4.38. The van der Waals surface area contributed by atoms with Gasteiger partial charge in [-0.15, -0.1) is 0 Å². The average molecular weight is 286 g/mol. The van der Waals surface area contributed by atoms with Gasteiger partial charge in [0.1, 0.15) is 0 Å². The van der Waals surface area contributed by atoms with Gasteiger partial charge in [0.05, 0.1) is 5.56 Å². The SMILES string of the molecule is CC1CN(C)CCC1NC(=O)c1c[nH]c2cc(N)ccc12. The van der Waals surface area contributed by atoms with Crippen LogP contribution in [-0.2, 0) is 0 Å². The number of carbonyl (C=O) groups excluding carboxylic acids is 1. The van der Waals surface area contributed by atoms with Crippen LogP contribution in [0.4, 0.5) is 5.69 Å². The quantitative estimate of drug-likeness (QED) is 0.737. The van der Waals surface area contributed by atoms with Crippen molar-refractivity contribution in [3.05, 3.63) is 30.0 Å². The van der Waals surface area contributed by atoms with Gasteiger partial charge in [0.2, 0.25) is 0 Å². The largest absolute Gasteiger partial charge is 0.399 e. The number of hydrogen-bond acceptors (Lipinski definition) is 3. The minimum atomic E-state index is -0.00701. The topological polar surface area (TPSA) is 74.2 Å². The van der Waals surface area contributed by atoms with Crippen molar-refractivity contribution < 1.29 is 4.79 Å². The molecule has 1 fully saturated rings. The van der Waals surface area contributed by atoms with E-state index in [4.69, 9.17) is 5.73 Å². The second-order valence-corrected chi connectivity index (χ2v) is 6.12. The van der Waals surface area contributed by atoms with Gasteiger partial charge in [-0.05, 0) is 44.1 Å². The zero-order valence-electron chi connectivity index (χ0n) is 12.5. The lowest BCUT2D eigenvalue weighted by Gasteiger charge is -2.35. The van der Waals surface area contributed by atoms with E-state index in [0.717, 1.165) is 30.4 Å². The normalized spacial score (nSPS) is 23.3. The van der Waals surface area contributed by atoms with Crippen molar-refractivity contribution in [3.8, 4) is 0 Å². The number of H-pyrrole nitrogens is 1. The molecule has 1 amide bonds. The Morgan fingerprint density at radius 1 is 1.48 bits per heavy atom. The molecule has 3 rings (SSSR count). The van der Waals surface area contributed by atoms with Crippen molar-refractivity contribution >= 4 is 22.5 Å². The Balaban J connectivity index is 1.78. The highest BCUT2D eigenvalue weighted by Gasteiger charge is 2.26. The predicted molar refractivity (Wildman–Crippen MR) is 85.2 cm³/mol. The molecule has 2 unspecified atom stereocenters. The summed E-state index contributed by atoms with van der Waals surface area (Å²) in [7, 11) is 2.12. The summed E-state index contributed by atoms with van der Waals surface area (Å²) in [5, 5.41) is 4.10. The Hall–Kier alpha value is -2.01. The maximum absolute atomic E-state index is 12.5. The van der Waals surface area contributed by atoms with Crippen LogP contribution in [0.25, 0.3) is 10.9 Å². The summed E-state index contributed by atoms with van der Waals surface area (Å²) in [5.74, 6) is 0.459. The van der Waals surface area contributed by atoms with E-state index in [0.29, 0.717) is 17.2 Å². The monoisotopic (exact) mass is 286 g/mol. The number of likely N-dealkylation sites (tertiary alicyclic amines) is 1. The third kappa shape index (κ3) is 2.74. The zero-order chi connectivity index (χ0) is 15.0. The van der Waals surface area contributed by atoms with Crippen LogP contribution in [0, 0.1) is 5.92 Å². The first kappa shape index (κ1) is 13.9. The van der Waals surface area contributed by atoms with E-state index in [-0.39, 0.29) is 11.9 Å². The van der Waals surface area contributed by atoms with Crippen LogP contribution < -0.4 is 11.1 Å². The number of piperidine rings is 1. The fourth-order valence-electron chi connectivity index (χ4n) is 3.15. The average Bonchev–Trinajstić information content (AvgIpc) is 2.84. The molecular formula is C16H22N4O. The molecule has 21 heavy (non-hydrogen) atoms. The second kappa shape index (κ2) is 5.41. The first-order valence-electron chi connectivity index (χ1n) is 7.40. The summed E-state index contributed by atoms with van der Waals surface area (Å²) in [6.07, 6.45) is 2.76. The van der Waals surface area contributed by atoms with Crippen molar-refractivity contribution in [2.75, 3.05) is 25.9 Å². The van der Waals surface area contributed by atoms with Crippen LogP contribution in [0.1, 0.15) is 23.7 Å². The molecule has 0 radical (unpaired) electrons. The van der Waals surface area contributed by atoms with Gasteiger partial charge in [-0.3, -0.25) is 4.79 Å². The number of nitrogen functional groups attached to an aromatic ring is 1. The third-order valence-corrected chi connectivity index (χ3v) is 4.38. The summed E-state index contributed by atoms with van der Waals surface area (Å²) >= 11 is 0. The van der Waals surface area contributed by atoms with E-state index in [9.17, 15) is 4.79 Å². The molecule has 0 aliphatic carbocycles. The fraction of sp³-hybridized carbons (Fsp3) is 0.438. The second-order valence-electron chi connectivity index (χ2n) is 6.12. The Morgan fingerprint density at radius 3 is 3.05 bits per heavy atom. The lowest BCUT2D eigenvalue weighted by Crippen LogP contribution is -2.48. The maximum atomic E-state index is 12.5. The molecular weight excluding hydrogens is 264 g/mol. The van der Waals surface area contributed by atoms with Crippen LogP contribution in [-0.4, -0.2) is 42.0 Å². The highest BCUT2D eigenvalue weighted by atomic mass is 16.1. The van der Waals surface area contributed by atoms with Gasteiger partial charge in [-0.1, -0.05) is 6.92 Å². The molecule has 1 aromatic carbocycles. The number of nitrogens with zero attached hydrogens (tertiary/aromatic N) is 1. The van der Waals surface area contributed by atoms with Crippen molar-refractivity contribution in [2.24, 2.45) is 5.92 Å². The highest BCUT2D eigenvalue weighted by molar-refractivity contribution is 6.07. The van der Waals surface area contributed by atoms with Crippen LogP contribution in [0.15, 0.2) is 24.4 Å². The van der Waals surface area contributed by atoms with Gasteiger partial charge in [0.25, 0.3) is 5.91 Å². The standard InChI is InChI=1S/C16H22N4O/c1-10-9-20(2)6-5-14(10)19-16(21)13-8-18-15-7-11(17)3-4-12(13)15/h3-4,7-8,10,14,18H,5-6,9,17H2,1-2H3,(H,19,21). The van der Waals surface area contributed by atoms with Gasteiger partial charge < -0.3 is 20.9 Å². The zero-order valence-corrected chi connectivity index (χ0v) is 12.5. The molecule has 1 saturated heterocycles. The lowest BCUT2D eigenvalue weighted by atomic mass is 9.94. The first-order valence-corrected chi connectivity index (χ1v) is 7.40. The van der Waals surface area contributed by atoms with Crippen LogP contribution in [0.2, 0.25) is 0 Å². The minimum Gasteiger partial charge on any atom is -0.399 e. The number of aromatic amines is 1. The Bertz CT molecular complexity index is 663. The maximum Gasteiger partial charge on any atom is 0.253 e. The molecule has 1 aromatic heterocycles. The molecule has 2 aromatic rings. The van der Waals surface area contributed by atoms with E-state index >= 15 is 0 Å². The number of anilines is 1. The number of benzene rings is 1. The van der Waals surface area contributed by atoms with Gasteiger partial charge in [0, 0.05) is 35.4 Å².